The number of fused-ring (bicyclic) bond motifs is 1. The van der Waals surface area contributed by atoms with E-state index in [-0.39, 0.29) is 25.4 Å². The summed E-state index contributed by atoms with van der Waals surface area (Å²) in [5.41, 5.74) is 2.66. The van der Waals surface area contributed by atoms with E-state index < -0.39 is 18.2 Å². The molecular weight excluding hydrogens is 393 g/mol. The number of guanidine groups is 1. The predicted molar refractivity (Wildman–Crippen MR) is 112 cm³/mol. The Morgan fingerprint density at radius 3 is 2.77 bits per heavy atom. The summed E-state index contributed by atoms with van der Waals surface area (Å²) in [6.45, 7) is 4.98. The third-order valence-electron chi connectivity index (χ3n) is 5.96. The highest BCUT2D eigenvalue weighted by atomic mass is 19.4. The molecule has 1 aromatic rings. The van der Waals surface area contributed by atoms with Gasteiger partial charge < -0.3 is 15.7 Å². The highest BCUT2D eigenvalue weighted by Crippen LogP contribution is 2.37. The minimum absolute atomic E-state index is 0.0731. The number of β-amino-alcohol motifs (C(OH)–C–C–N with tert-alkyl or cyclic N) is 1. The normalized spacial score (nSPS) is 24.2. The van der Waals surface area contributed by atoms with Gasteiger partial charge in [0.05, 0.1) is 18.6 Å². The highest BCUT2D eigenvalue weighted by molar-refractivity contribution is 5.80. The number of benzene rings is 1. The minimum Gasteiger partial charge on any atom is -0.390 e. The third kappa shape index (κ3) is 6.60. The molecule has 0 saturated heterocycles. The molecule has 8 heteroatoms. The maximum Gasteiger partial charge on any atom is 0.391 e. The van der Waals surface area contributed by atoms with Gasteiger partial charge in [-0.25, -0.2) is 0 Å². The summed E-state index contributed by atoms with van der Waals surface area (Å²) < 4.78 is 39.2. The van der Waals surface area contributed by atoms with Crippen molar-refractivity contribution in [2.75, 3.05) is 26.2 Å². The van der Waals surface area contributed by atoms with Gasteiger partial charge >= 0.3 is 6.18 Å². The molecule has 0 spiro atoms. The average Bonchev–Trinajstić information content (AvgIpc) is 2.72. The molecule has 1 aliphatic carbocycles. The van der Waals surface area contributed by atoms with Gasteiger partial charge in [-0.2, -0.15) is 13.2 Å². The third-order valence-corrected chi connectivity index (χ3v) is 5.96. The number of rotatable bonds is 6. The Labute approximate surface area is 176 Å². The summed E-state index contributed by atoms with van der Waals surface area (Å²) in [4.78, 5) is 6.66. The second kappa shape index (κ2) is 10.5. The van der Waals surface area contributed by atoms with Crippen molar-refractivity contribution in [2.24, 2.45) is 10.9 Å². The van der Waals surface area contributed by atoms with Crippen LogP contribution in [0.2, 0.25) is 0 Å². The number of nitrogens with zero attached hydrogens (tertiary/aromatic N) is 2. The van der Waals surface area contributed by atoms with Crippen LogP contribution in [0.4, 0.5) is 13.2 Å². The number of aliphatic imine (C=N–C) groups is 1. The van der Waals surface area contributed by atoms with Gasteiger partial charge in [0.15, 0.2) is 5.96 Å². The Hall–Kier alpha value is -1.80. The van der Waals surface area contributed by atoms with Crippen molar-refractivity contribution in [3.8, 4) is 0 Å². The second-order valence-corrected chi connectivity index (χ2v) is 8.37. The number of nitrogens with one attached hydrogen (secondary N) is 2. The van der Waals surface area contributed by atoms with Crippen molar-refractivity contribution in [2.45, 2.75) is 63.9 Å². The van der Waals surface area contributed by atoms with Crippen LogP contribution in [0.3, 0.4) is 0 Å². The summed E-state index contributed by atoms with van der Waals surface area (Å²) in [6.07, 6.45) is -2.26. The number of hydrogen-bond donors (Lipinski definition) is 3. The zero-order chi connectivity index (χ0) is 21.6. The summed E-state index contributed by atoms with van der Waals surface area (Å²) in [5, 5.41) is 16.7. The van der Waals surface area contributed by atoms with E-state index in [1.807, 2.05) is 13.0 Å². The van der Waals surface area contributed by atoms with E-state index in [1.165, 1.54) is 11.1 Å². The van der Waals surface area contributed by atoms with Crippen LogP contribution in [0, 0.1) is 5.92 Å². The molecule has 1 aliphatic heterocycles. The van der Waals surface area contributed by atoms with Gasteiger partial charge in [-0.15, -0.1) is 0 Å². The fraction of sp³-hybridized carbons (Fsp3) is 0.682. The number of aliphatic hydroxyl groups is 1. The quantitative estimate of drug-likeness (QED) is 0.483. The lowest BCUT2D eigenvalue weighted by Gasteiger charge is -2.32. The van der Waals surface area contributed by atoms with Crippen LogP contribution in [-0.4, -0.2) is 60.5 Å². The average molecular weight is 427 g/mol. The molecule has 0 bridgehead atoms. The Morgan fingerprint density at radius 1 is 1.27 bits per heavy atom. The van der Waals surface area contributed by atoms with E-state index in [4.69, 9.17) is 0 Å². The molecule has 5 nitrogen and oxygen atoms in total. The molecule has 3 N–H and O–H groups in total. The standard InChI is InChI=1S/C22H33F3N4O/c1-2-26-21(28-19-9-5-8-18(12-19)22(23,24)25)27-13-20(30)15-29-11-10-16-6-3-4-7-17(16)14-29/h3-4,6-7,18-20,30H,2,5,8-15H2,1H3,(H2,26,27,28). The molecular formula is C22H33F3N4O. The van der Waals surface area contributed by atoms with Crippen LogP contribution in [0.25, 0.3) is 0 Å². The van der Waals surface area contributed by atoms with Gasteiger partial charge in [0.2, 0.25) is 0 Å². The van der Waals surface area contributed by atoms with Crippen LogP contribution in [0.15, 0.2) is 29.3 Å². The van der Waals surface area contributed by atoms with Gasteiger partial charge in [-0.1, -0.05) is 30.7 Å². The van der Waals surface area contributed by atoms with Gasteiger partial charge in [-0.05, 0) is 43.7 Å². The molecule has 1 heterocycles. The second-order valence-electron chi connectivity index (χ2n) is 8.37. The predicted octanol–water partition coefficient (Wildman–Crippen LogP) is 3.08. The molecule has 0 amide bonds. The maximum atomic E-state index is 13.1. The van der Waals surface area contributed by atoms with E-state index in [9.17, 15) is 18.3 Å². The fourth-order valence-corrected chi connectivity index (χ4v) is 4.39. The largest absolute Gasteiger partial charge is 0.391 e. The Bertz CT molecular complexity index is 710. The first-order valence-electron chi connectivity index (χ1n) is 10.9. The summed E-state index contributed by atoms with van der Waals surface area (Å²) in [7, 11) is 0. The molecule has 30 heavy (non-hydrogen) atoms. The van der Waals surface area contributed by atoms with Gasteiger partial charge in [0.1, 0.15) is 0 Å². The molecule has 168 valence electrons. The molecule has 0 aromatic heterocycles. The lowest BCUT2D eigenvalue weighted by Crippen LogP contribution is -2.47. The summed E-state index contributed by atoms with van der Waals surface area (Å²) >= 11 is 0. The van der Waals surface area contributed by atoms with Crippen molar-refractivity contribution in [1.29, 1.82) is 0 Å². The van der Waals surface area contributed by atoms with Crippen LogP contribution < -0.4 is 10.6 Å². The van der Waals surface area contributed by atoms with Gasteiger partial charge in [0, 0.05) is 32.2 Å². The number of hydrogen-bond acceptors (Lipinski definition) is 3. The fourth-order valence-electron chi connectivity index (χ4n) is 4.39. The van der Waals surface area contributed by atoms with Crippen molar-refractivity contribution in [3.05, 3.63) is 35.4 Å². The van der Waals surface area contributed by atoms with Crippen molar-refractivity contribution >= 4 is 5.96 Å². The van der Waals surface area contributed by atoms with E-state index >= 15 is 0 Å². The maximum absolute atomic E-state index is 13.1. The molecule has 3 atom stereocenters. The Kier molecular flexibility index (Phi) is 7.99. The van der Waals surface area contributed by atoms with E-state index in [0.29, 0.717) is 31.9 Å². The summed E-state index contributed by atoms with van der Waals surface area (Å²) in [6, 6.07) is 8.11. The van der Waals surface area contributed by atoms with Crippen LogP contribution in [-0.2, 0) is 13.0 Å². The SMILES string of the molecule is CCNC(=NCC(O)CN1CCc2ccccc2C1)NC1CCCC(C(F)(F)F)C1. The molecule has 0 radical (unpaired) electrons. The van der Waals surface area contributed by atoms with Crippen molar-refractivity contribution in [1.82, 2.24) is 15.5 Å². The zero-order valence-corrected chi connectivity index (χ0v) is 17.6. The number of halogens is 3. The Morgan fingerprint density at radius 2 is 2.03 bits per heavy atom. The first-order chi connectivity index (χ1) is 14.3. The van der Waals surface area contributed by atoms with Crippen LogP contribution in [0.5, 0.6) is 0 Å². The van der Waals surface area contributed by atoms with Crippen molar-refractivity contribution in [3.63, 3.8) is 0 Å². The van der Waals surface area contributed by atoms with E-state index in [0.717, 1.165) is 19.5 Å². The lowest BCUT2D eigenvalue weighted by atomic mass is 9.85. The summed E-state index contributed by atoms with van der Waals surface area (Å²) in [5.74, 6) is -0.771. The first-order valence-corrected chi connectivity index (χ1v) is 10.9. The first kappa shape index (κ1) is 22.9. The smallest absolute Gasteiger partial charge is 0.390 e. The number of alkyl halides is 3. The van der Waals surface area contributed by atoms with Crippen LogP contribution >= 0.6 is 0 Å². The minimum atomic E-state index is -4.14. The Balaban J connectivity index is 1.50. The lowest BCUT2D eigenvalue weighted by molar-refractivity contribution is -0.183. The highest BCUT2D eigenvalue weighted by Gasteiger charge is 2.42. The molecule has 1 aromatic carbocycles. The molecule has 3 unspecified atom stereocenters. The monoisotopic (exact) mass is 426 g/mol. The molecule has 1 fully saturated rings. The molecule has 1 saturated carbocycles. The van der Waals surface area contributed by atoms with Gasteiger partial charge in [0.25, 0.3) is 0 Å². The van der Waals surface area contributed by atoms with Crippen LogP contribution in [0.1, 0.15) is 43.7 Å². The molecule has 2 aliphatic rings. The number of aliphatic hydroxyl groups excluding tert-OH is 1. The van der Waals surface area contributed by atoms with Crippen molar-refractivity contribution < 1.29 is 18.3 Å². The molecule has 3 rings (SSSR count). The van der Waals surface area contributed by atoms with E-state index in [1.54, 1.807) is 0 Å². The zero-order valence-electron chi connectivity index (χ0n) is 17.6. The topological polar surface area (TPSA) is 59.9 Å². The van der Waals surface area contributed by atoms with E-state index in [2.05, 4.69) is 38.7 Å². The van der Waals surface area contributed by atoms with Gasteiger partial charge in [-0.3, -0.25) is 9.89 Å².